The molecule has 0 atom stereocenters. The Bertz CT molecular complexity index is 1270. The van der Waals surface area contributed by atoms with Gasteiger partial charge in [-0.05, 0) is 19.1 Å². The number of amides is 1. The summed E-state index contributed by atoms with van der Waals surface area (Å²) < 4.78 is 2.90. The number of fused-ring (bicyclic) bond motifs is 1. The molecule has 3 heterocycles. The zero-order chi connectivity index (χ0) is 19.0. The van der Waals surface area contributed by atoms with Crippen LogP contribution < -0.4 is 15.7 Å². The van der Waals surface area contributed by atoms with Gasteiger partial charge in [-0.3, -0.25) is 19.0 Å². The van der Waals surface area contributed by atoms with Crippen molar-refractivity contribution >= 4 is 34.0 Å². The third-order valence-corrected chi connectivity index (χ3v) is 4.94. The highest BCUT2D eigenvalue weighted by atomic mass is 32.1. The van der Waals surface area contributed by atoms with Gasteiger partial charge in [0.2, 0.25) is 5.91 Å². The highest BCUT2D eigenvalue weighted by molar-refractivity contribution is 7.07. The van der Waals surface area contributed by atoms with Gasteiger partial charge in [0.05, 0.1) is 23.9 Å². The van der Waals surface area contributed by atoms with Crippen molar-refractivity contribution < 1.29 is 4.79 Å². The van der Waals surface area contributed by atoms with E-state index in [-0.39, 0.29) is 22.9 Å². The molecule has 3 aromatic heterocycles. The van der Waals surface area contributed by atoms with Crippen LogP contribution >= 0.6 is 11.3 Å². The Hall–Kier alpha value is -3.53. The Morgan fingerprint density at radius 1 is 1.30 bits per heavy atom. The van der Waals surface area contributed by atoms with Crippen LogP contribution in [-0.4, -0.2) is 30.2 Å². The molecule has 0 saturated heterocycles. The lowest BCUT2D eigenvalue weighted by molar-refractivity contribution is -0.116. The van der Waals surface area contributed by atoms with Gasteiger partial charge in [-0.15, -0.1) is 0 Å². The number of carbonyl (C=O) groups is 1. The molecule has 4 rings (SSSR count). The predicted molar refractivity (Wildman–Crippen MR) is 101 cm³/mol. The van der Waals surface area contributed by atoms with Gasteiger partial charge in [0.25, 0.3) is 5.56 Å². The second-order valence-corrected chi connectivity index (χ2v) is 6.64. The van der Waals surface area contributed by atoms with E-state index in [2.05, 4.69) is 20.4 Å². The van der Waals surface area contributed by atoms with Crippen LogP contribution in [0, 0.1) is 6.92 Å². The molecular formula is C17H14N6O3S. The van der Waals surface area contributed by atoms with Crippen molar-refractivity contribution in [3.63, 3.8) is 0 Å². The monoisotopic (exact) mass is 382 g/mol. The van der Waals surface area contributed by atoms with Crippen LogP contribution in [0.25, 0.3) is 16.7 Å². The average molecular weight is 382 g/mol. The fourth-order valence-electron chi connectivity index (χ4n) is 2.73. The average Bonchev–Trinajstić information content (AvgIpc) is 3.22. The maximum absolute atomic E-state index is 12.5. The summed E-state index contributed by atoms with van der Waals surface area (Å²) in [5, 5.41) is 9.09. The molecule has 1 amide bonds. The topological polar surface area (TPSA) is 115 Å². The molecule has 4 aromatic rings. The highest BCUT2D eigenvalue weighted by Gasteiger charge is 2.14. The molecule has 2 N–H and O–H groups in total. The van der Waals surface area contributed by atoms with Crippen molar-refractivity contribution in [1.82, 2.24) is 24.3 Å². The summed E-state index contributed by atoms with van der Waals surface area (Å²) >= 11 is 1.06. The standard InChI is InChI=1S/C17H14N6O3S/c1-10-8-27-17(26)22(10)7-14(24)21-12-4-2-3-5-13(12)23-15-11(6-20-23)16(25)19-9-18-15/h2-6,8-9H,7H2,1H3,(H,21,24)(H,18,19,25). The molecule has 136 valence electrons. The number of carbonyl (C=O) groups excluding carboxylic acids is 1. The lowest BCUT2D eigenvalue weighted by Crippen LogP contribution is -2.25. The normalized spacial score (nSPS) is 11.0. The first-order valence-electron chi connectivity index (χ1n) is 8.00. The number of nitrogens with one attached hydrogen (secondary N) is 2. The van der Waals surface area contributed by atoms with E-state index in [0.29, 0.717) is 22.4 Å². The molecule has 9 nitrogen and oxygen atoms in total. The number of hydrogen-bond acceptors (Lipinski definition) is 6. The molecule has 27 heavy (non-hydrogen) atoms. The minimum absolute atomic E-state index is 0.0831. The van der Waals surface area contributed by atoms with E-state index >= 15 is 0 Å². The fourth-order valence-corrected chi connectivity index (χ4v) is 3.46. The number of nitrogens with zero attached hydrogens (tertiary/aromatic N) is 4. The molecule has 0 spiro atoms. The Balaban J connectivity index is 1.69. The summed E-state index contributed by atoms with van der Waals surface area (Å²) in [5.74, 6) is -0.340. The largest absolute Gasteiger partial charge is 0.323 e. The number of rotatable bonds is 4. The van der Waals surface area contributed by atoms with Gasteiger partial charge in [-0.2, -0.15) is 5.10 Å². The summed E-state index contributed by atoms with van der Waals surface area (Å²) in [6.07, 6.45) is 2.73. The van der Waals surface area contributed by atoms with Gasteiger partial charge < -0.3 is 10.3 Å². The number of H-pyrrole nitrogens is 1. The molecule has 0 bridgehead atoms. The third-order valence-electron chi connectivity index (χ3n) is 4.06. The van der Waals surface area contributed by atoms with E-state index in [1.165, 1.54) is 21.8 Å². The summed E-state index contributed by atoms with van der Waals surface area (Å²) in [7, 11) is 0. The molecule has 0 saturated carbocycles. The summed E-state index contributed by atoms with van der Waals surface area (Å²) in [6, 6.07) is 7.04. The Kier molecular flexibility index (Phi) is 4.16. The maximum atomic E-state index is 12.5. The number of thiazole rings is 1. The number of aromatic nitrogens is 5. The predicted octanol–water partition coefficient (Wildman–Crippen LogP) is 1.28. The zero-order valence-corrected chi connectivity index (χ0v) is 15.0. The lowest BCUT2D eigenvalue weighted by atomic mass is 10.2. The summed E-state index contributed by atoms with van der Waals surface area (Å²) in [5.41, 5.74) is 1.88. The number of anilines is 1. The van der Waals surface area contributed by atoms with Gasteiger partial charge in [0, 0.05) is 11.1 Å². The van der Waals surface area contributed by atoms with E-state index in [4.69, 9.17) is 0 Å². The van der Waals surface area contributed by atoms with E-state index in [1.54, 1.807) is 36.6 Å². The molecule has 0 aliphatic rings. The Morgan fingerprint density at radius 3 is 2.89 bits per heavy atom. The Labute approximate surface area is 155 Å². The lowest BCUT2D eigenvalue weighted by Gasteiger charge is -2.12. The number of hydrogen-bond donors (Lipinski definition) is 2. The van der Waals surface area contributed by atoms with E-state index in [1.807, 2.05) is 0 Å². The molecule has 0 unspecified atom stereocenters. The van der Waals surface area contributed by atoms with Crippen molar-refractivity contribution in [3.05, 3.63) is 67.9 Å². The van der Waals surface area contributed by atoms with Crippen molar-refractivity contribution in [3.8, 4) is 5.69 Å². The first kappa shape index (κ1) is 16.9. The zero-order valence-electron chi connectivity index (χ0n) is 14.2. The molecule has 0 aliphatic carbocycles. The summed E-state index contributed by atoms with van der Waals surface area (Å²) in [6.45, 7) is 1.69. The quantitative estimate of drug-likeness (QED) is 0.552. The first-order valence-corrected chi connectivity index (χ1v) is 8.88. The number of aromatic amines is 1. The molecular weight excluding hydrogens is 368 g/mol. The van der Waals surface area contributed by atoms with Gasteiger partial charge in [-0.1, -0.05) is 23.5 Å². The minimum Gasteiger partial charge on any atom is -0.323 e. The first-order chi connectivity index (χ1) is 13.0. The van der Waals surface area contributed by atoms with E-state index < -0.39 is 0 Å². The second kappa shape index (κ2) is 6.65. The molecule has 0 fully saturated rings. The second-order valence-electron chi connectivity index (χ2n) is 5.82. The van der Waals surface area contributed by atoms with Crippen LogP contribution in [0.15, 0.2) is 51.8 Å². The number of aryl methyl sites for hydroxylation is 1. The Morgan fingerprint density at radius 2 is 2.11 bits per heavy atom. The SMILES string of the molecule is Cc1csc(=O)n1CC(=O)Nc1ccccc1-n1ncc2c(=O)[nH]cnc21. The van der Waals surface area contributed by atoms with Crippen LogP contribution in [0.2, 0.25) is 0 Å². The van der Waals surface area contributed by atoms with Crippen LogP contribution in [0.3, 0.4) is 0 Å². The van der Waals surface area contributed by atoms with Gasteiger partial charge in [0.15, 0.2) is 5.65 Å². The van der Waals surface area contributed by atoms with Crippen molar-refractivity contribution in [2.24, 2.45) is 0 Å². The van der Waals surface area contributed by atoms with Gasteiger partial charge in [-0.25, -0.2) is 9.67 Å². The van der Waals surface area contributed by atoms with Crippen LogP contribution in [-0.2, 0) is 11.3 Å². The minimum atomic E-state index is -0.340. The van der Waals surface area contributed by atoms with E-state index in [0.717, 1.165) is 17.0 Å². The third kappa shape index (κ3) is 3.06. The van der Waals surface area contributed by atoms with Crippen molar-refractivity contribution in [2.75, 3.05) is 5.32 Å². The summed E-state index contributed by atoms with van der Waals surface area (Å²) in [4.78, 5) is 42.6. The van der Waals surface area contributed by atoms with Gasteiger partial charge in [0.1, 0.15) is 11.9 Å². The molecule has 0 aliphatic heterocycles. The van der Waals surface area contributed by atoms with Crippen molar-refractivity contribution in [2.45, 2.75) is 13.5 Å². The van der Waals surface area contributed by atoms with Crippen LogP contribution in [0.4, 0.5) is 5.69 Å². The van der Waals surface area contributed by atoms with E-state index in [9.17, 15) is 14.4 Å². The molecule has 1 aromatic carbocycles. The van der Waals surface area contributed by atoms with Crippen LogP contribution in [0.5, 0.6) is 0 Å². The van der Waals surface area contributed by atoms with Crippen molar-refractivity contribution in [1.29, 1.82) is 0 Å². The fraction of sp³-hybridized carbons (Fsp3) is 0.118. The molecule has 0 radical (unpaired) electrons. The highest BCUT2D eigenvalue weighted by Crippen LogP contribution is 2.22. The van der Waals surface area contributed by atoms with Crippen LogP contribution in [0.1, 0.15) is 5.69 Å². The number of benzene rings is 1. The maximum Gasteiger partial charge on any atom is 0.307 e. The number of para-hydroxylation sites is 2. The molecule has 10 heteroatoms. The van der Waals surface area contributed by atoms with Gasteiger partial charge >= 0.3 is 4.87 Å². The smallest absolute Gasteiger partial charge is 0.307 e.